The fourth-order valence-corrected chi connectivity index (χ4v) is 5.15. The summed E-state index contributed by atoms with van der Waals surface area (Å²) in [4.78, 5) is 30.2. The number of hydrogen-bond donors (Lipinski definition) is 1. The molecule has 2 aromatic carbocycles. The molecule has 9 heteroatoms. The summed E-state index contributed by atoms with van der Waals surface area (Å²) in [5.41, 5.74) is 3.07. The Kier molecular flexibility index (Phi) is 8.45. The van der Waals surface area contributed by atoms with Crippen molar-refractivity contribution in [2.75, 3.05) is 63.8 Å². The van der Waals surface area contributed by atoms with Gasteiger partial charge in [-0.1, -0.05) is 18.2 Å². The first-order chi connectivity index (χ1) is 17.5. The van der Waals surface area contributed by atoms with E-state index in [1.165, 1.54) is 11.3 Å². The summed E-state index contributed by atoms with van der Waals surface area (Å²) < 4.78 is 15.9. The minimum Gasteiger partial charge on any atom is -0.497 e. The number of nitrogens with one attached hydrogen (secondary N) is 1. The lowest BCUT2D eigenvalue weighted by Gasteiger charge is -2.35. The van der Waals surface area contributed by atoms with Crippen molar-refractivity contribution < 1.29 is 23.8 Å². The van der Waals surface area contributed by atoms with Gasteiger partial charge < -0.3 is 24.4 Å². The van der Waals surface area contributed by atoms with Crippen molar-refractivity contribution in [2.45, 2.75) is 6.92 Å². The SMILES string of the molecule is CCOC(=O)c1c(-c2ccc(OC)cc2)csc1NC(=O)CN1CCN(c2cccc(OC)c2)CC1. The highest BCUT2D eigenvalue weighted by Gasteiger charge is 2.24. The fourth-order valence-electron chi connectivity index (χ4n) is 4.18. The number of amides is 1. The van der Waals surface area contributed by atoms with Crippen LogP contribution >= 0.6 is 11.3 Å². The third-order valence-corrected chi connectivity index (χ3v) is 6.98. The number of esters is 1. The molecule has 8 nitrogen and oxygen atoms in total. The molecule has 1 aliphatic rings. The van der Waals surface area contributed by atoms with Gasteiger partial charge in [-0.25, -0.2) is 4.79 Å². The van der Waals surface area contributed by atoms with E-state index in [0.29, 0.717) is 10.6 Å². The number of piperazine rings is 1. The zero-order chi connectivity index (χ0) is 25.5. The van der Waals surface area contributed by atoms with Gasteiger partial charge in [-0.2, -0.15) is 0 Å². The van der Waals surface area contributed by atoms with Gasteiger partial charge in [-0.05, 0) is 36.8 Å². The Hall–Kier alpha value is -3.56. The van der Waals surface area contributed by atoms with Crippen LogP contribution in [-0.4, -0.2) is 70.3 Å². The Morgan fingerprint density at radius 3 is 2.36 bits per heavy atom. The molecule has 0 radical (unpaired) electrons. The lowest BCUT2D eigenvalue weighted by Crippen LogP contribution is -2.48. The van der Waals surface area contributed by atoms with Crippen molar-refractivity contribution in [3.8, 4) is 22.6 Å². The summed E-state index contributed by atoms with van der Waals surface area (Å²) in [6.45, 7) is 5.42. The molecule has 1 aromatic heterocycles. The second-order valence-corrected chi connectivity index (χ2v) is 9.19. The van der Waals surface area contributed by atoms with Gasteiger partial charge in [-0.3, -0.25) is 9.69 Å². The zero-order valence-electron chi connectivity index (χ0n) is 20.8. The van der Waals surface area contributed by atoms with Gasteiger partial charge in [0.1, 0.15) is 22.1 Å². The number of carbonyl (C=O) groups is 2. The van der Waals surface area contributed by atoms with E-state index >= 15 is 0 Å². The summed E-state index contributed by atoms with van der Waals surface area (Å²) in [6.07, 6.45) is 0. The van der Waals surface area contributed by atoms with Crippen molar-refractivity contribution in [2.24, 2.45) is 0 Å². The number of rotatable bonds is 9. The van der Waals surface area contributed by atoms with Crippen LogP contribution in [0, 0.1) is 0 Å². The summed E-state index contributed by atoms with van der Waals surface area (Å²) in [5.74, 6) is 0.952. The fraction of sp³-hybridized carbons (Fsp3) is 0.333. The van der Waals surface area contributed by atoms with Gasteiger partial charge in [0.05, 0.1) is 27.4 Å². The van der Waals surface area contributed by atoms with Gasteiger partial charge in [-0.15, -0.1) is 11.3 Å². The molecule has 0 bridgehead atoms. The summed E-state index contributed by atoms with van der Waals surface area (Å²) in [6, 6.07) is 15.5. The smallest absolute Gasteiger partial charge is 0.341 e. The molecule has 1 aliphatic heterocycles. The predicted octanol–water partition coefficient (Wildman–Crippen LogP) is 4.37. The van der Waals surface area contributed by atoms with Crippen LogP contribution in [0.1, 0.15) is 17.3 Å². The van der Waals surface area contributed by atoms with Crippen LogP contribution in [0.15, 0.2) is 53.9 Å². The Bertz CT molecular complexity index is 1190. The normalized spacial score (nSPS) is 13.8. The van der Waals surface area contributed by atoms with Gasteiger partial charge >= 0.3 is 5.97 Å². The number of benzene rings is 2. The molecule has 0 aliphatic carbocycles. The Morgan fingerprint density at radius 1 is 0.972 bits per heavy atom. The largest absolute Gasteiger partial charge is 0.497 e. The van der Waals surface area contributed by atoms with E-state index in [-0.39, 0.29) is 19.1 Å². The molecule has 2 heterocycles. The van der Waals surface area contributed by atoms with Crippen LogP contribution in [-0.2, 0) is 9.53 Å². The summed E-state index contributed by atoms with van der Waals surface area (Å²) in [5, 5.41) is 5.32. The number of anilines is 2. The monoisotopic (exact) mass is 509 g/mol. The molecule has 36 heavy (non-hydrogen) atoms. The molecule has 1 fully saturated rings. The van der Waals surface area contributed by atoms with E-state index in [2.05, 4.69) is 21.2 Å². The highest BCUT2D eigenvalue weighted by atomic mass is 32.1. The quantitative estimate of drug-likeness (QED) is 0.429. The first kappa shape index (κ1) is 25.5. The van der Waals surface area contributed by atoms with Crippen LogP contribution in [0.25, 0.3) is 11.1 Å². The second kappa shape index (κ2) is 11.9. The van der Waals surface area contributed by atoms with Crippen LogP contribution in [0.5, 0.6) is 11.5 Å². The van der Waals surface area contributed by atoms with E-state index in [9.17, 15) is 9.59 Å². The number of ether oxygens (including phenoxy) is 3. The standard InChI is InChI=1S/C27H31N3O5S/c1-4-35-27(32)25-23(19-8-10-21(33-2)11-9-19)18-36-26(25)28-24(31)17-29-12-14-30(15-13-29)20-6-5-7-22(16-20)34-3/h5-11,16,18H,4,12-15,17H2,1-3H3,(H,28,31). The molecule has 1 amide bonds. The van der Waals surface area contributed by atoms with Crippen LogP contribution in [0.2, 0.25) is 0 Å². The van der Waals surface area contributed by atoms with Gasteiger partial charge in [0.15, 0.2) is 0 Å². The first-order valence-electron chi connectivity index (χ1n) is 11.9. The van der Waals surface area contributed by atoms with Crippen molar-refractivity contribution in [1.82, 2.24) is 4.90 Å². The Balaban J connectivity index is 1.41. The van der Waals surface area contributed by atoms with Gasteiger partial charge in [0.2, 0.25) is 5.91 Å². The van der Waals surface area contributed by atoms with E-state index in [1.807, 2.05) is 47.8 Å². The maximum absolute atomic E-state index is 12.9. The highest BCUT2D eigenvalue weighted by Crippen LogP contribution is 2.37. The molecule has 3 aromatic rings. The molecule has 1 N–H and O–H groups in total. The topological polar surface area (TPSA) is 80.3 Å². The van der Waals surface area contributed by atoms with Crippen LogP contribution < -0.4 is 19.7 Å². The van der Waals surface area contributed by atoms with Crippen molar-refractivity contribution in [1.29, 1.82) is 0 Å². The number of thiophene rings is 1. The summed E-state index contributed by atoms with van der Waals surface area (Å²) in [7, 11) is 3.27. The number of hydrogen-bond acceptors (Lipinski definition) is 8. The van der Waals surface area contributed by atoms with Crippen molar-refractivity contribution in [3.63, 3.8) is 0 Å². The molecule has 0 spiro atoms. The Labute approximate surface area is 215 Å². The molecular formula is C27H31N3O5S. The molecule has 1 saturated heterocycles. The van der Waals surface area contributed by atoms with E-state index < -0.39 is 5.97 Å². The minimum absolute atomic E-state index is 0.154. The maximum atomic E-state index is 12.9. The first-order valence-corrected chi connectivity index (χ1v) is 12.7. The molecule has 4 rings (SSSR count). The number of methoxy groups -OCH3 is 2. The average Bonchev–Trinajstić information content (AvgIpc) is 3.32. The number of nitrogens with zero attached hydrogens (tertiary/aromatic N) is 2. The van der Waals surface area contributed by atoms with Gasteiger partial charge in [0.25, 0.3) is 0 Å². The van der Waals surface area contributed by atoms with E-state index in [0.717, 1.165) is 54.5 Å². The zero-order valence-corrected chi connectivity index (χ0v) is 21.6. The lowest BCUT2D eigenvalue weighted by molar-refractivity contribution is -0.117. The van der Waals surface area contributed by atoms with E-state index in [1.54, 1.807) is 21.1 Å². The minimum atomic E-state index is -0.452. The summed E-state index contributed by atoms with van der Waals surface area (Å²) >= 11 is 1.32. The molecule has 0 saturated carbocycles. The maximum Gasteiger partial charge on any atom is 0.341 e. The molecule has 0 atom stereocenters. The highest BCUT2D eigenvalue weighted by molar-refractivity contribution is 7.15. The molecule has 0 unspecified atom stereocenters. The van der Waals surface area contributed by atoms with Gasteiger partial charge in [0, 0.05) is 48.9 Å². The molecule has 190 valence electrons. The van der Waals surface area contributed by atoms with E-state index in [4.69, 9.17) is 14.2 Å². The Morgan fingerprint density at radius 2 is 1.69 bits per heavy atom. The predicted molar refractivity (Wildman–Crippen MR) is 143 cm³/mol. The molecular weight excluding hydrogens is 478 g/mol. The van der Waals surface area contributed by atoms with Crippen LogP contribution in [0.3, 0.4) is 0 Å². The lowest BCUT2D eigenvalue weighted by atomic mass is 10.0. The third-order valence-electron chi connectivity index (χ3n) is 6.08. The van der Waals surface area contributed by atoms with Crippen LogP contribution in [0.4, 0.5) is 10.7 Å². The average molecular weight is 510 g/mol. The second-order valence-electron chi connectivity index (χ2n) is 8.32. The third kappa shape index (κ3) is 5.98. The number of carbonyl (C=O) groups excluding carboxylic acids is 2. The van der Waals surface area contributed by atoms with Crippen molar-refractivity contribution in [3.05, 3.63) is 59.5 Å². The van der Waals surface area contributed by atoms with Crippen molar-refractivity contribution >= 4 is 33.9 Å².